The summed E-state index contributed by atoms with van der Waals surface area (Å²) < 4.78 is 5.32. The maximum Gasteiger partial charge on any atom is 0.220 e. The molecule has 2 unspecified atom stereocenters. The Kier molecular flexibility index (Phi) is 6.14. The Morgan fingerprint density at radius 3 is 2.83 bits per heavy atom. The molecule has 0 bridgehead atoms. The quantitative estimate of drug-likeness (QED) is 0.890. The van der Waals surface area contributed by atoms with Gasteiger partial charge in [0.25, 0.3) is 0 Å². The minimum atomic E-state index is 0.163. The first-order valence-corrected chi connectivity index (χ1v) is 8.98. The van der Waals surface area contributed by atoms with E-state index in [4.69, 9.17) is 4.74 Å². The van der Waals surface area contributed by atoms with Crippen molar-refractivity contribution in [2.75, 3.05) is 25.1 Å². The van der Waals surface area contributed by atoms with Crippen LogP contribution in [0.25, 0.3) is 0 Å². The number of benzene rings is 1. The molecule has 4 heteroatoms. The zero-order chi connectivity index (χ0) is 17.7. The number of nitrogens with one attached hydrogen (secondary N) is 1. The molecule has 0 spiro atoms. The van der Waals surface area contributed by atoms with Crippen molar-refractivity contribution >= 4 is 11.6 Å². The summed E-state index contributed by atoms with van der Waals surface area (Å²) in [6, 6.07) is 8.37. The zero-order valence-corrected chi connectivity index (χ0v) is 15.8. The molecule has 134 valence electrons. The Balaban J connectivity index is 1.92. The number of carbonyl (C=O) groups is 1. The predicted molar refractivity (Wildman–Crippen MR) is 99.6 cm³/mol. The van der Waals surface area contributed by atoms with E-state index in [9.17, 15) is 4.79 Å². The smallest absolute Gasteiger partial charge is 0.220 e. The van der Waals surface area contributed by atoms with Crippen LogP contribution in [0.5, 0.6) is 5.75 Å². The summed E-state index contributed by atoms with van der Waals surface area (Å²) in [5.41, 5.74) is 1.33. The minimum absolute atomic E-state index is 0.163. The number of nitrogens with zero attached hydrogens (tertiary/aromatic N) is 1. The van der Waals surface area contributed by atoms with Gasteiger partial charge >= 0.3 is 0 Å². The Labute approximate surface area is 146 Å². The van der Waals surface area contributed by atoms with Gasteiger partial charge in [-0.2, -0.15) is 0 Å². The third-order valence-electron chi connectivity index (χ3n) is 5.17. The van der Waals surface area contributed by atoms with Crippen LogP contribution in [0, 0.1) is 11.3 Å². The second-order valence-electron chi connectivity index (χ2n) is 8.03. The largest absolute Gasteiger partial charge is 0.497 e. The minimum Gasteiger partial charge on any atom is -0.497 e. The fourth-order valence-corrected chi connectivity index (χ4v) is 3.01. The summed E-state index contributed by atoms with van der Waals surface area (Å²) in [5.74, 6) is 1.42. The molecule has 1 aromatic carbocycles. The van der Waals surface area contributed by atoms with Gasteiger partial charge in [-0.15, -0.1) is 0 Å². The van der Waals surface area contributed by atoms with Gasteiger partial charge in [-0.25, -0.2) is 0 Å². The van der Waals surface area contributed by atoms with Gasteiger partial charge < -0.3 is 15.0 Å². The van der Waals surface area contributed by atoms with E-state index in [1.807, 2.05) is 12.1 Å². The summed E-state index contributed by atoms with van der Waals surface area (Å²) in [4.78, 5) is 14.7. The number of piperidine rings is 1. The highest BCUT2D eigenvalue weighted by molar-refractivity contribution is 5.76. The van der Waals surface area contributed by atoms with Gasteiger partial charge in [0.15, 0.2) is 0 Å². The van der Waals surface area contributed by atoms with Crippen LogP contribution < -0.4 is 15.0 Å². The van der Waals surface area contributed by atoms with Crippen molar-refractivity contribution in [2.45, 2.75) is 53.0 Å². The van der Waals surface area contributed by atoms with Gasteiger partial charge in [-0.3, -0.25) is 4.79 Å². The van der Waals surface area contributed by atoms with Crippen LogP contribution in [0.1, 0.15) is 47.0 Å². The molecule has 0 radical (unpaired) electrons. The highest BCUT2D eigenvalue weighted by atomic mass is 16.5. The highest BCUT2D eigenvalue weighted by Gasteiger charge is 2.25. The molecular weight excluding hydrogens is 300 g/mol. The number of hydrogen-bond donors (Lipinski definition) is 1. The van der Waals surface area contributed by atoms with Crippen LogP contribution in [0.4, 0.5) is 5.69 Å². The zero-order valence-electron chi connectivity index (χ0n) is 15.8. The van der Waals surface area contributed by atoms with Crippen molar-refractivity contribution in [3.05, 3.63) is 24.3 Å². The van der Waals surface area contributed by atoms with Crippen molar-refractivity contribution in [1.82, 2.24) is 5.32 Å². The maximum atomic E-state index is 12.4. The Morgan fingerprint density at radius 2 is 2.17 bits per heavy atom. The third-order valence-corrected chi connectivity index (χ3v) is 5.17. The molecule has 1 aliphatic rings. The number of ether oxygens (including phenoxy) is 1. The molecular formula is C20H32N2O2. The average Bonchev–Trinajstić information content (AvgIpc) is 2.54. The van der Waals surface area contributed by atoms with Gasteiger partial charge in [0.2, 0.25) is 5.91 Å². The number of hydrogen-bond acceptors (Lipinski definition) is 3. The Morgan fingerprint density at radius 1 is 1.42 bits per heavy atom. The molecule has 1 fully saturated rings. The number of carbonyl (C=O) groups excluding carboxylic acids is 1. The standard InChI is InChI=1S/C20H32N2O2/c1-15(20(2,3)4)12-19(23)21-16-8-7-11-22(14-16)17-9-6-10-18(13-17)24-5/h6,9-10,13,15-16H,7-8,11-12,14H2,1-5H3,(H,21,23). The molecule has 1 amide bonds. The molecule has 1 aromatic rings. The summed E-state index contributed by atoms with van der Waals surface area (Å²) in [6.07, 6.45) is 2.74. The Hall–Kier alpha value is -1.71. The van der Waals surface area contributed by atoms with Gasteiger partial charge in [0.1, 0.15) is 5.75 Å². The first-order chi connectivity index (χ1) is 11.3. The summed E-state index contributed by atoms with van der Waals surface area (Å²) >= 11 is 0. The van der Waals surface area contributed by atoms with E-state index in [1.54, 1.807) is 7.11 Å². The van der Waals surface area contributed by atoms with E-state index in [0.29, 0.717) is 12.3 Å². The number of anilines is 1. The van der Waals surface area contributed by atoms with E-state index in [-0.39, 0.29) is 17.4 Å². The first kappa shape index (κ1) is 18.6. The van der Waals surface area contributed by atoms with Gasteiger partial charge in [0.05, 0.1) is 7.11 Å². The second-order valence-corrected chi connectivity index (χ2v) is 8.03. The van der Waals surface area contributed by atoms with E-state index >= 15 is 0 Å². The fourth-order valence-electron chi connectivity index (χ4n) is 3.01. The normalized spacial score (nSPS) is 19.7. The number of amides is 1. The topological polar surface area (TPSA) is 41.6 Å². The summed E-state index contributed by atoms with van der Waals surface area (Å²) in [5, 5.41) is 3.24. The van der Waals surface area contributed by atoms with Crippen molar-refractivity contribution in [2.24, 2.45) is 11.3 Å². The fraction of sp³-hybridized carbons (Fsp3) is 0.650. The molecule has 1 heterocycles. The van der Waals surface area contributed by atoms with Crippen molar-refractivity contribution in [3.63, 3.8) is 0 Å². The molecule has 2 rings (SSSR count). The Bertz CT molecular complexity index is 551. The highest BCUT2D eigenvalue weighted by Crippen LogP contribution is 2.28. The molecule has 1 saturated heterocycles. The monoisotopic (exact) mass is 332 g/mol. The molecule has 24 heavy (non-hydrogen) atoms. The van der Waals surface area contributed by atoms with Crippen molar-refractivity contribution in [3.8, 4) is 5.75 Å². The van der Waals surface area contributed by atoms with E-state index in [0.717, 1.165) is 37.4 Å². The number of rotatable bonds is 5. The molecule has 0 aliphatic carbocycles. The van der Waals surface area contributed by atoms with Crippen LogP contribution in [0.3, 0.4) is 0 Å². The van der Waals surface area contributed by atoms with Crippen LogP contribution in [-0.4, -0.2) is 32.1 Å². The summed E-state index contributed by atoms with van der Waals surface area (Å²) in [6.45, 7) is 10.6. The third kappa shape index (κ3) is 5.15. The van der Waals surface area contributed by atoms with Gasteiger partial charge in [0, 0.05) is 37.3 Å². The second kappa shape index (κ2) is 7.91. The van der Waals surface area contributed by atoms with E-state index < -0.39 is 0 Å². The van der Waals surface area contributed by atoms with E-state index in [2.05, 4.69) is 50.0 Å². The maximum absolute atomic E-state index is 12.4. The average molecular weight is 332 g/mol. The molecule has 1 N–H and O–H groups in total. The SMILES string of the molecule is COc1cccc(N2CCCC(NC(=O)CC(C)C(C)(C)C)C2)c1. The first-order valence-electron chi connectivity index (χ1n) is 8.98. The predicted octanol–water partition coefficient (Wildman–Crippen LogP) is 3.85. The molecule has 0 aromatic heterocycles. The van der Waals surface area contributed by atoms with Crippen molar-refractivity contribution < 1.29 is 9.53 Å². The molecule has 0 saturated carbocycles. The lowest BCUT2D eigenvalue weighted by Crippen LogP contribution is -2.48. The lowest BCUT2D eigenvalue weighted by molar-refractivity contribution is -0.123. The summed E-state index contributed by atoms with van der Waals surface area (Å²) in [7, 11) is 1.69. The van der Waals surface area contributed by atoms with Crippen molar-refractivity contribution in [1.29, 1.82) is 0 Å². The van der Waals surface area contributed by atoms with Gasteiger partial charge in [-0.05, 0) is 36.3 Å². The number of methoxy groups -OCH3 is 1. The van der Waals surface area contributed by atoms with Gasteiger partial charge in [-0.1, -0.05) is 33.8 Å². The van der Waals surface area contributed by atoms with E-state index in [1.165, 1.54) is 0 Å². The lowest BCUT2D eigenvalue weighted by Gasteiger charge is -2.35. The molecule has 2 atom stereocenters. The lowest BCUT2D eigenvalue weighted by atomic mass is 9.80. The molecule has 4 nitrogen and oxygen atoms in total. The van der Waals surface area contributed by atoms with Crippen LogP contribution in [0.2, 0.25) is 0 Å². The van der Waals surface area contributed by atoms with Crippen LogP contribution in [0.15, 0.2) is 24.3 Å². The van der Waals surface area contributed by atoms with Crippen LogP contribution in [-0.2, 0) is 4.79 Å². The molecule has 1 aliphatic heterocycles. The van der Waals surface area contributed by atoms with Crippen LogP contribution >= 0.6 is 0 Å².